The van der Waals surface area contributed by atoms with E-state index in [0.717, 1.165) is 30.2 Å². The third kappa shape index (κ3) is 3.99. The summed E-state index contributed by atoms with van der Waals surface area (Å²) in [6.07, 6.45) is 0. The van der Waals surface area contributed by atoms with E-state index in [1.54, 1.807) is 14.2 Å². The monoisotopic (exact) mass is 285 g/mol. The highest BCUT2D eigenvalue weighted by atomic mass is 16.5. The summed E-state index contributed by atoms with van der Waals surface area (Å²) in [7, 11) is 3.34. The summed E-state index contributed by atoms with van der Waals surface area (Å²) in [5.74, 6) is 1.66. The summed E-state index contributed by atoms with van der Waals surface area (Å²) < 4.78 is 10.6. The third-order valence-corrected chi connectivity index (χ3v) is 3.71. The van der Waals surface area contributed by atoms with Crippen molar-refractivity contribution in [2.75, 3.05) is 14.2 Å². The quantitative estimate of drug-likeness (QED) is 0.879. The highest BCUT2D eigenvalue weighted by Gasteiger charge is 2.05. The van der Waals surface area contributed by atoms with Crippen LogP contribution in [-0.4, -0.2) is 14.2 Å². The van der Waals surface area contributed by atoms with Crippen LogP contribution in [0.25, 0.3) is 0 Å². The Morgan fingerprint density at radius 1 is 0.857 bits per heavy atom. The van der Waals surface area contributed by atoms with E-state index < -0.39 is 0 Å². The van der Waals surface area contributed by atoms with Gasteiger partial charge in [-0.2, -0.15) is 0 Å². The van der Waals surface area contributed by atoms with Crippen LogP contribution in [0.3, 0.4) is 0 Å². The molecule has 0 aliphatic rings. The number of benzene rings is 2. The normalized spacial score (nSPS) is 10.5. The minimum atomic E-state index is 0.764. The van der Waals surface area contributed by atoms with Gasteiger partial charge in [0.05, 0.1) is 14.2 Å². The second-order valence-electron chi connectivity index (χ2n) is 5.20. The molecule has 2 aromatic rings. The fraction of sp³-hybridized carbons (Fsp3) is 0.333. The molecular formula is C18H23NO2. The van der Waals surface area contributed by atoms with Gasteiger partial charge in [0.2, 0.25) is 0 Å². The molecule has 0 saturated heterocycles. The summed E-state index contributed by atoms with van der Waals surface area (Å²) in [5, 5.41) is 3.46. The van der Waals surface area contributed by atoms with E-state index in [-0.39, 0.29) is 0 Å². The van der Waals surface area contributed by atoms with Crippen LogP contribution in [0.5, 0.6) is 11.5 Å². The van der Waals surface area contributed by atoms with Gasteiger partial charge in [0, 0.05) is 24.7 Å². The predicted molar refractivity (Wildman–Crippen MR) is 86.0 cm³/mol. The summed E-state index contributed by atoms with van der Waals surface area (Å²) in [6.45, 7) is 5.89. The Morgan fingerprint density at radius 3 is 2.33 bits per heavy atom. The van der Waals surface area contributed by atoms with E-state index >= 15 is 0 Å². The van der Waals surface area contributed by atoms with E-state index in [1.807, 2.05) is 18.2 Å². The SMILES string of the molecule is COc1ccc(CNCc2ccc(C)c(C)c2)c(OC)c1. The van der Waals surface area contributed by atoms with Gasteiger partial charge in [0.25, 0.3) is 0 Å². The standard InChI is InChI=1S/C18H23NO2/c1-13-5-6-15(9-14(13)2)11-19-12-16-7-8-17(20-3)10-18(16)21-4/h5-10,19H,11-12H2,1-4H3. The summed E-state index contributed by atoms with van der Waals surface area (Å²) in [5.41, 5.74) is 5.08. The Kier molecular flexibility index (Phi) is 5.23. The van der Waals surface area contributed by atoms with Gasteiger partial charge in [-0.25, -0.2) is 0 Å². The van der Waals surface area contributed by atoms with E-state index in [4.69, 9.17) is 9.47 Å². The van der Waals surface area contributed by atoms with Crippen molar-refractivity contribution in [3.8, 4) is 11.5 Å². The summed E-state index contributed by atoms with van der Waals surface area (Å²) in [6, 6.07) is 12.5. The maximum Gasteiger partial charge on any atom is 0.127 e. The van der Waals surface area contributed by atoms with Crippen LogP contribution < -0.4 is 14.8 Å². The van der Waals surface area contributed by atoms with Crippen LogP contribution in [-0.2, 0) is 13.1 Å². The van der Waals surface area contributed by atoms with Gasteiger partial charge in [-0.15, -0.1) is 0 Å². The zero-order valence-corrected chi connectivity index (χ0v) is 13.2. The number of aryl methyl sites for hydroxylation is 2. The average molecular weight is 285 g/mol. The number of nitrogens with one attached hydrogen (secondary N) is 1. The molecule has 0 aliphatic heterocycles. The predicted octanol–water partition coefficient (Wildman–Crippen LogP) is 3.61. The largest absolute Gasteiger partial charge is 0.497 e. The molecule has 0 saturated carbocycles. The van der Waals surface area contributed by atoms with Gasteiger partial charge >= 0.3 is 0 Å². The van der Waals surface area contributed by atoms with Crippen molar-refractivity contribution >= 4 is 0 Å². The Labute approximate surface area is 126 Å². The number of methoxy groups -OCH3 is 2. The van der Waals surface area contributed by atoms with Crippen molar-refractivity contribution in [3.05, 3.63) is 58.7 Å². The smallest absolute Gasteiger partial charge is 0.127 e. The van der Waals surface area contributed by atoms with Crippen LogP contribution in [0.15, 0.2) is 36.4 Å². The second kappa shape index (κ2) is 7.14. The van der Waals surface area contributed by atoms with Crippen molar-refractivity contribution in [2.45, 2.75) is 26.9 Å². The Hall–Kier alpha value is -2.00. The molecule has 3 nitrogen and oxygen atoms in total. The lowest BCUT2D eigenvalue weighted by molar-refractivity contribution is 0.390. The van der Waals surface area contributed by atoms with Crippen molar-refractivity contribution in [2.24, 2.45) is 0 Å². The van der Waals surface area contributed by atoms with Gasteiger partial charge in [-0.3, -0.25) is 0 Å². The second-order valence-corrected chi connectivity index (χ2v) is 5.20. The van der Waals surface area contributed by atoms with Gasteiger partial charge in [-0.05, 0) is 36.6 Å². The van der Waals surface area contributed by atoms with Crippen LogP contribution in [0, 0.1) is 13.8 Å². The van der Waals surface area contributed by atoms with Crippen molar-refractivity contribution in [1.82, 2.24) is 5.32 Å². The minimum absolute atomic E-state index is 0.764. The van der Waals surface area contributed by atoms with Crippen molar-refractivity contribution in [1.29, 1.82) is 0 Å². The van der Waals surface area contributed by atoms with E-state index in [9.17, 15) is 0 Å². The maximum atomic E-state index is 5.41. The molecule has 0 atom stereocenters. The van der Waals surface area contributed by atoms with Crippen LogP contribution >= 0.6 is 0 Å². The topological polar surface area (TPSA) is 30.5 Å². The third-order valence-electron chi connectivity index (χ3n) is 3.71. The molecule has 0 amide bonds. The molecule has 0 aliphatic carbocycles. The lowest BCUT2D eigenvalue weighted by Crippen LogP contribution is -2.13. The first-order valence-corrected chi connectivity index (χ1v) is 7.12. The zero-order chi connectivity index (χ0) is 15.2. The van der Waals surface area contributed by atoms with Crippen molar-refractivity contribution in [3.63, 3.8) is 0 Å². The Balaban J connectivity index is 1.98. The van der Waals surface area contributed by atoms with Gasteiger partial charge in [0.1, 0.15) is 11.5 Å². The first-order chi connectivity index (χ1) is 10.1. The summed E-state index contributed by atoms with van der Waals surface area (Å²) >= 11 is 0. The van der Waals surface area contributed by atoms with E-state index in [1.165, 1.54) is 16.7 Å². The molecule has 2 aromatic carbocycles. The highest BCUT2D eigenvalue weighted by molar-refractivity contribution is 5.40. The van der Waals surface area contributed by atoms with Gasteiger partial charge in [-0.1, -0.05) is 24.3 Å². The van der Waals surface area contributed by atoms with Gasteiger partial charge in [0.15, 0.2) is 0 Å². The first kappa shape index (κ1) is 15.4. The Bertz CT molecular complexity index is 608. The Morgan fingerprint density at radius 2 is 1.67 bits per heavy atom. The molecule has 0 bridgehead atoms. The number of hydrogen-bond acceptors (Lipinski definition) is 3. The number of rotatable bonds is 6. The highest BCUT2D eigenvalue weighted by Crippen LogP contribution is 2.24. The molecule has 0 heterocycles. The van der Waals surface area contributed by atoms with E-state index in [0.29, 0.717) is 0 Å². The molecular weight excluding hydrogens is 262 g/mol. The molecule has 21 heavy (non-hydrogen) atoms. The molecule has 0 aromatic heterocycles. The molecule has 2 rings (SSSR count). The molecule has 112 valence electrons. The van der Waals surface area contributed by atoms with Crippen LogP contribution in [0.4, 0.5) is 0 Å². The fourth-order valence-electron chi connectivity index (χ4n) is 2.25. The lowest BCUT2D eigenvalue weighted by atomic mass is 10.1. The molecule has 3 heteroatoms. The van der Waals surface area contributed by atoms with E-state index in [2.05, 4.69) is 37.4 Å². The minimum Gasteiger partial charge on any atom is -0.497 e. The molecule has 0 radical (unpaired) electrons. The van der Waals surface area contributed by atoms with Crippen LogP contribution in [0.1, 0.15) is 22.3 Å². The number of hydrogen-bond donors (Lipinski definition) is 1. The molecule has 1 N–H and O–H groups in total. The fourth-order valence-corrected chi connectivity index (χ4v) is 2.25. The molecule has 0 unspecified atom stereocenters. The average Bonchev–Trinajstić information content (AvgIpc) is 2.51. The molecule has 0 fully saturated rings. The molecule has 0 spiro atoms. The number of ether oxygens (including phenoxy) is 2. The lowest BCUT2D eigenvalue weighted by Gasteiger charge is -2.12. The van der Waals surface area contributed by atoms with Crippen molar-refractivity contribution < 1.29 is 9.47 Å². The maximum absolute atomic E-state index is 5.41. The summed E-state index contributed by atoms with van der Waals surface area (Å²) in [4.78, 5) is 0. The van der Waals surface area contributed by atoms with Crippen LogP contribution in [0.2, 0.25) is 0 Å². The zero-order valence-electron chi connectivity index (χ0n) is 13.2. The first-order valence-electron chi connectivity index (χ1n) is 7.12. The van der Waals surface area contributed by atoms with Gasteiger partial charge < -0.3 is 14.8 Å².